The molecule has 0 saturated carbocycles. The Morgan fingerprint density at radius 3 is 2.42 bits per heavy atom. The topological polar surface area (TPSA) is 110 Å². The van der Waals surface area contributed by atoms with Crippen LogP contribution < -0.4 is 5.32 Å². The SMILES string of the molecule is CS(=O)(=O)c1ccc(N[C@@H](CCO)c2ccccc2)c([N+](=O)[O-])c1. The second-order valence-corrected chi connectivity index (χ2v) is 7.34. The fourth-order valence-electron chi connectivity index (χ4n) is 2.34. The number of nitro groups is 1. The van der Waals surface area contributed by atoms with Crippen molar-refractivity contribution < 1.29 is 18.4 Å². The number of aliphatic hydroxyl groups is 1. The lowest BCUT2D eigenvalue weighted by molar-refractivity contribution is -0.384. The van der Waals surface area contributed by atoms with Crippen molar-refractivity contribution in [2.24, 2.45) is 0 Å². The number of benzene rings is 2. The highest BCUT2D eigenvalue weighted by Crippen LogP contribution is 2.31. The van der Waals surface area contributed by atoms with E-state index in [-0.39, 0.29) is 28.9 Å². The van der Waals surface area contributed by atoms with E-state index in [0.29, 0.717) is 6.42 Å². The average Bonchev–Trinajstić information content (AvgIpc) is 2.54. The van der Waals surface area contributed by atoms with Crippen molar-refractivity contribution in [3.05, 3.63) is 64.2 Å². The van der Waals surface area contributed by atoms with Gasteiger partial charge in [-0.2, -0.15) is 0 Å². The summed E-state index contributed by atoms with van der Waals surface area (Å²) in [6, 6.07) is 12.6. The first-order chi connectivity index (χ1) is 11.3. The molecule has 0 saturated heterocycles. The molecular weight excluding hydrogens is 332 g/mol. The van der Waals surface area contributed by atoms with Crippen LogP contribution in [0.2, 0.25) is 0 Å². The highest BCUT2D eigenvalue weighted by Gasteiger charge is 2.21. The lowest BCUT2D eigenvalue weighted by Gasteiger charge is -2.19. The summed E-state index contributed by atoms with van der Waals surface area (Å²) in [5.41, 5.74) is 0.750. The van der Waals surface area contributed by atoms with Gasteiger partial charge in [-0.25, -0.2) is 8.42 Å². The Morgan fingerprint density at radius 2 is 1.88 bits per heavy atom. The molecule has 8 heteroatoms. The quantitative estimate of drug-likeness (QED) is 0.586. The van der Waals surface area contributed by atoms with Crippen LogP contribution in [0, 0.1) is 10.1 Å². The molecule has 2 aromatic carbocycles. The van der Waals surface area contributed by atoms with E-state index in [2.05, 4.69) is 5.32 Å². The van der Waals surface area contributed by atoms with Crippen LogP contribution in [0.15, 0.2) is 53.4 Å². The summed E-state index contributed by atoms with van der Waals surface area (Å²) in [5, 5.41) is 23.6. The Kier molecular flexibility index (Phi) is 5.53. The van der Waals surface area contributed by atoms with Crippen molar-refractivity contribution in [1.82, 2.24) is 0 Å². The molecular formula is C16H18N2O5S. The average molecular weight is 350 g/mol. The molecule has 0 spiro atoms. The number of hydrogen-bond acceptors (Lipinski definition) is 6. The molecule has 0 aromatic heterocycles. The molecule has 0 bridgehead atoms. The van der Waals surface area contributed by atoms with Gasteiger partial charge in [0.25, 0.3) is 5.69 Å². The Hall–Kier alpha value is -2.45. The van der Waals surface area contributed by atoms with Gasteiger partial charge in [0.05, 0.1) is 15.9 Å². The maximum absolute atomic E-state index is 11.6. The van der Waals surface area contributed by atoms with Gasteiger partial charge in [-0.15, -0.1) is 0 Å². The largest absolute Gasteiger partial charge is 0.396 e. The van der Waals surface area contributed by atoms with Crippen LogP contribution in [0.25, 0.3) is 0 Å². The first-order valence-electron chi connectivity index (χ1n) is 7.24. The van der Waals surface area contributed by atoms with Crippen LogP contribution in [-0.2, 0) is 9.84 Å². The van der Waals surface area contributed by atoms with Crippen molar-refractivity contribution in [2.75, 3.05) is 18.2 Å². The Bertz CT molecular complexity index is 822. The predicted octanol–water partition coefficient (Wildman–Crippen LogP) is 2.53. The van der Waals surface area contributed by atoms with Gasteiger partial charge in [-0.05, 0) is 24.1 Å². The number of anilines is 1. The zero-order chi connectivity index (χ0) is 17.7. The van der Waals surface area contributed by atoms with Crippen molar-refractivity contribution in [1.29, 1.82) is 0 Å². The monoisotopic (exact) mass is 350 g/mol. The third-order valence-corrected chi connectivity index (χ3v) is 4.65. The van der Waals surface area contributed by atoms with Crippen LogP contribution in [-0.4, -0.2) is 31.3 Å². The molecule has 0 aliphatic carbocycles. The summed E-state index contributed by atoms with van der Waals surface area (Å²) in [4.78, 5) is 10.6. The number of nitro benzene ring substituents is 1. The molecule has 1 atom stereocenters. The highest BCUT2D eigenvalue weighted by molar-refractivity contribution is 7.90. The van der Waals surface area contributed by atoms with E-state index in [4.69, 9.17) is 0 Å². The highest BCUT2D eigenvalue weighted by atomic mass is 32.2. The van der Waals surface area contributed by atoms with Crippen molar-refractivity contribution >= 4 is 21.2 Å². The zero-order valence-electron chi connectivity index (χ0n) is 13.0. The van der Waals surface area contributed by atoms with Crippen molar-refractivity contribution in [3.8, 4) is 0 Å². The fourth-order valence-corrected chi connectivity index (χ4v) is 2.98. The number of nitrogens with one attached hydrogen (secondary N) is 1. The number of hydrogen-bond donors (Lipinski definition) is 2. The fraction of sp³-hybridized carbons (Fsp3) is 0.250. The van der Waals surface area contributed by atoms with E-state index in [1.165, 1.54) is 12.1 Å². The van der Waals surface area contributed by atoms with E-state index in [0.717, 1.165) is 17.9 Å². The van der Waals surface area contributed by atoms with Crippen LogP contribution >= 0.6 is 0 Å². The third-order valence-electron chi connectivity index (χ3n) is 3.54. The van der Waals surface area contributed by atoms with Crippen LogP contribution in [0.4, 0.5) is 11.4 Å². The molecule has 0 aliphatic rings. The van der Waals surface area contributed by atoms with E-state index in [1.54, 1.807) is 0 Å². The number of rotatable bonds is 7. The Morgan fingerprint density at radius 1 is 1.21 bits per heavy atom. The minimum absolute atomic E-state index is 0.0955. The normalized spacial score (nSPS) is 12.6. The summed E-state index contributed by atoms with van der Waals surface area (Å²) in [6.45, 7) is -0.0955. The van der Waals surface area contributed by atoms with E-state index < -0.39 is 14.8 Å². The summed E-state index contributed by atoms with van der Waals surface area (Å²) in [6.07, 6.45) is 1.35. The molecule has 7 nitrogen and oxygen atoms in total. The summed E-state index contributed by atoms with van der Waals surface area (Å²) in [5.74, 6) is 0. The number of nitrogens with zero attached hydrogens (tertiary/aromatic N) is 1. The van der Waals surface area contributed by atoms with Gasteiger partial charge in [-0.3, -0.25) is 10.1 Å². The van der Waals surface area contributed by atoms with Crippen LogP contribution in [0.5, 0.6) is 0 Å². The van der Waals surface area contributed by atoms with Gasteiger partial charge in [0, 0.05) is 18.9 Å². The van der Waals surface area contributed by atoms with E-state index in [1.807, 2.05) is 30.3 Å². The lowest BCUT2D eigenvalue weighted by atomic mass is 10.0. The summed E-state index contributed by atoms with van der Waals surface area (Å²) < 4.78 is 23.2. The van der Waals surface area contributed by atoms with E-state index in [9.17, 15) is 23.6 Å². The van der Waals surface area contributed by atoms with Gasteiger partial charge < -0.3 is 10.4 Å². The van der Waals surface area contributed by atoms with Crippen LogP contribution in [0.1, 0.15) is 18.0 Å². The van der Waals surface area contributed by atoms with E-state index >= 15 is 0 Å². The van der Waals surface area contributed by atoms with Gasteiger partial charge in [0.15, 0.2) is 9.84 Å². The number of sulfone groups is 1. The minimum Gasteiger partial charge on any atom is -0.396 e. The minimum atomic E-state index is -3.54. The predicted molar refractivity (Wildman–Crippen MR) is 90.7 cm³/mol. The molecule has 0 amide bonds. The van der Waals surface area contributed by atoms with Gasteiger partial charge in [0.2, 0.25) is 0 Å². The molecule has 0 heterocycles. The van der Waals surface area contributed by atoms with Gasteiger partial charge in [0.1, 0.15) is 5.69 Å². The summed E-state index contributed by atoms with van der Waals surface area (Å²) >= 11 is 0. The van der Waals surface area contributed by atoms with Crippen molar-refractivity contribution in [3.63, 3.8) is 0 Å². The standard InChI is InChI=1S/C16H18N2O5S/c1-24(22,23)13-7-8-15(16(11-13)18(20)21)17-14(9-10-19)12-5-3-2-4-6-12/h2-8,11,14,17,19H,9-10H2,1H3/t14-/m0/s1. The molecule has 128 valence electrons. The number of aliphatic hydroxyl groups excluding tert-OH is 1. The Labute approximate surface area is 140 Å². The molecule has 0 radical (unpaired) electrons. The second kappa shape index (κ2) is 7.41. The molecule has 0 fully saturated rings. The Balaban J connectivity index is 2.41. The molecule has 2 aromatic rings. The molecule has 2 N–H and O–H groups in total. The maximum Gasteiger partial charge on any atom is 0.293 e. The first-order valence-corrected chi connectivity index (χ1v) is 9.13. The van der Waals surface area contributed by atoms with Crippen LogP contribution in [0.3, 0.4) is 0 Å². The molecule has 24 heavy (non-hydrogen) atoms. The third kappa shape index (κ3) is 4.30. The molecule has 0 unspecified atom stereocenters. The maximum atomic E-state index is 11.6. The van der Waals surface area contributed by atoms with Gasteiger partial charge in [-0.1, -0.05) is 30.3 Å². The second-order valence-electron chi connectivity index (χ2n) is 5.33. The molecule has 0 aliphatic heterocycles. The van der Waals surface area contributed by atoms with Gasteiger partial charge >= 0.3 is 0 Å². The summed E-state index contributed by atoms with van der Waals surface area (Å²) in [7, 11) is -3.54. The smallest absolute Gasteiger partial charge is 0.293 e. The first kappa shape index (κ1) is 17.9. The zero-order valence-corrected chi connectivity index (χ0v) is 13.9. The lowest BCUT2D eigenvalue weighted by Crippen LogP contribution is -2.14. The van der Waals surface area contributed by atoms with Crippen molar-refractivity contribution in [2.45, 2.75) is 17.4 Å². The molecule has 2 rings (SSSR count).